The molecule has 0 aliphatic heterocycles. The molecule has 0 fully saturated rings. The van der Waals surface area contributed by atoms with E-state index in [1.807, 2.05) is 0 Å². The van der Waals surface area contributed by atoms with Crippen LogP contribution in [0.5, 0.6) is 0 Å². The van der Waals surface area contributed by atoms with Crippen LogP contribution in [-0.4, -0.2) is 24.4 Å². The zero-order chi connectivity index (χ0) is 7.71. The van der Waals surface area contributed by atoms with Gasteiger partial charge >= 0.3 is 0 Å². The molecule has 0 heterocycles. The summed E-state index contributed by atoms with van der Waals surface area (Å²) in [7, 11) is -4.03. The molecule has 0 unspecified atom stereocenters. The van der Waals surface area contributed by atoms with Crippen molar-refractivity contribution < 1.29 is 13.0 Å². The molecular formula is C3H10N2O3S. The van der Waals surface area contributed by atoms with Crippen molar-refractivity contribution in [2.75, 3.05) is 5.75 Å². The van der Waals surface area contributed by atoms with Gasteiger partial charge in [-0.1, -0.05) is 0 Å². The molecule has 56 valence electrons. The van der Waals surface area contributed by atoms with Crippen molar-refractivity contribution in [3.05, 3.63) is 0 Å². The van der Waals surface area contributed by atoms with E-state index in [0.717, 1.165) is 0 Å². The van der Waals surface area contributed by atoms with E-state index in [2.05, 4.69) is 0 Å². The number of hydrogen-bond donors (Lipinski definition) is 3. The number of nitrogens with two attached hydrogens (primary N) is 2. The summed E-state index contributed by atoms with van der Waals surface area (Å²) < 4.78 is 28.3. The molecule has 6 heteroatoms. The third-order valence-corrected chi connectivity index (χ3v) is 1.48. The minimum Gasteiger partial charge on any atom is -0.313 e. The fourth-order valence-corrected chi connectivity index (χ4v) is 1.18. The Hall–Kier alpha value is -0.170. The van der Waals surface area contributed by atoms with E-state index >= 15 is 0 Å². The molecule has 0 atom stereocenters. The lowest BCUT2D eigenvalue weighted by Crippen LogP contribution is -2.51. The van der Waals surface area contributed by atoms with Gasteiger partial charge in [0, 0.05) is 0 Å². The summed E-state index contributed by atoms with van der Waals surface area (Å²) in [5, 5.41) is 0. The summed E-state index contributed by atoms with van der Waals surface area (Å²) in [5.74, 6) is -0.625. The highest BCUT2D eigenvalue weighted by atomic mass is 32.2. The molecule has 0 aromatic heterocycles. The van der Waals surface area contributed by atoms with Crippen LogP contribution in [0.4, 0.5) is 0 Å². The van der Waals surface area contributed by atoms with Crippen LogP contribution in [0.15, 0.2) is 0 Å². The van der Waals surface area contributed by atoms with Crippen LogP contribution in [0.1, 0.15) is 6.92 Å². The zero-order valence-corrected chi connectivity index (χ0v) is 5.85. The SMILES string of the molecule is CC(N)(N)CS(=O)(=O)O. The maximum Gasteiger partial charge on any atom is 0.267 e. The lowest BCUT2D eigenvalue weighted by Gasteiger charge is -2.14. The molecule has 0 rings (SSSR count). The Morgan fingerprint density at radius 3 is 1.89 bits per heavy atom. The number of rotatable bonds is 2. The third-order valence-electron chi connectivity index (χ3n) is 0.493. The van der Waals surface area contributed by atoms with E-state index in [9.17, 15) is 8.42 Å². The van der Waals surface area contributed by atoms with Crippen LogP contribution in [0.3, 0.4) is 0 Å². The van der Waals surface area contributed by atoms with Crippen molar-refractivity contribution in [3.63, 3.8) is 0 Å². The van der Waals surface area contributed by atoms with Crippen LogP contribution in [0.2, 0.25) is 0 Å². The highest BCUT2D eigenvalue weighted by molar-refractivity contribution is 7.85. The standard InChI is InChI=1S/C3H10N2O3S/c1-3(4,5)2-9(6,7)8/h2,4-5H2,1H3,(H,6,7,8). The molecule has 0 aromatic rings. The van der Waals surface area contributed by atoms with Crippen molar-refractivity contribution in [1.29, 1.82) is 0 Å². The van der Waals surface area contributed by atoms with Gasteiger partial charge in [0.2, 0.25) is 0 Å². The molecule has 0 bridgehead atoms. The van der Waals surface area contributed by atoms with Crippen LogP contribution in [0, 0.1) is 0 Å². The van der Waals surface area contributed by atoms with Gasteiger partial charge in [-0.2, -0.15) is 8.42 Å². The second kappa shape index (κ2) is 2.22. The zero-order valence-electron chi connectivity index (χ0n) is 5.03. The molecule has 9 heavy (non-hydrogen) atoms. The van der Waals surface area contributed by atoms with Crippen molar-refractivity contribution in [2.45, 2.75) is 12.6 Å². The lowest BCUT2D eigenvalue weighted by atomic mass is 10.3. The third kappa shape index (κ3) is 7.83. The summed E-state index contributed by atoms with van der Waals surface area (Å²) in [6.45, 7) is 1.31. The fraction of sp³-hybridized carbons (Fsp3) is 1.00. The van der Waals surface area contributed by atoms with Crippen LogP contribution < -0.4 is 11.5 Å². The Morgan fingerprint density at radius 2 is 1.89 bits per heavy atom. The first-order valence-corrected chi connectivity index (χ1v) is 3.84. The summed E-state index contributed by atoms with van der Waals surface area (Å²) in [4.78, 5) is 0. The van der Waals surface area contributed by atoms with Crippen LogP contribution in [0.25, 0.3) is 0 Å². The van der Waals surface area contributed by atoms with E-state index in [4.69, 9.17) is 16.0 Å². The summed E-state index contributed by atoms with van der Waals surface area (Å²) >= 11 is 0. The Balaban J connectivity index is 4.07. The quantitative estimate of drug-likeness (QED) is 0.332. The molecule has 0 aromatic carbocycles. The van der Waals surface area contributed by atoms with E-state index in [0.29, 0.717) is 0 Å². The molecule has 5 nitrogen and oxygen atoms in total. The normalized spacial score (nSPS) is 13.8. The van der Waals surface area contributed by atoms with Crippen molar-refractivity contribution in [1.82, 2.24) is 0 Å². The Bertz CT molecular complexity index is 178. The molecule has 0 saturated carbocycles. The predicted octanol–water partition coefficient (Wildman–Crippen LogP) is -1.49. The fourth-order valence-electron chi connectivity index (χ4n) is 0.393. The van der Waals surface area contributed by atoms with E-state index in [-0.39, 0.29) is 0 Å². The number of hydrogen-bond acceptors (Lipinski definition) is 4. The molecule has 0 spiro atoms. The van der Waals surface area contributed by atoms with E-state index in [1.54, 1.807) is 0 Å². The Morgan fingerprint density at radius 1 is 1.56 bits per heavy atom. The monoisotopic (exact) mass is 154 g/mol. The molecule has 0 radical (unpaired) electrons. The topological polar surface area (TPSA) is 106 Å². The van der Waals surface area contributed by atoms with Gasteiger partial charge in [0.05, 0.1) is 5.66 Å². The first-order chi connectivity index (χ1) is 3.71. The van der Waals surface area contributed by atoms with Gasteiger partial charge in [0.1, 0.15) is 5.75 Å². The van der Waals surface area contributed by atoms with Crippen molar-refractivity contribution in [2.24, 2.45) is 11.5 Å². The van der Waals surface area contributed by atoms with E-state index < -0.39 is 21.5 Å². The predicted molar refractivity (Wildman–Crippen MR) is 33.2 cm³/mol. The van der Waals surface area contributed by atoms with Crippen molar-refractivity contribution >= 4 is 10.1 Å². The van der Waals surface area contributed by atoms with Gasteiger partial charge in [-0.15, -0.1) is 0 Å². The van der Waals surface area contributed by atoms with E-state index in [1.165, 1.54) is 6.92 Å². The molecule has 0 aliphatic carbocycles. The second-order valence-corrected chi connectivity index (χ2v) is 3.68. The van der Waals surface area contributed by atoms with Gasteiger partial charge < -0.3 is 11.5 Å². The average Bonchev–Trinajstić information content (AvgIpc) is 1.14. The molecule has 0 amide bonds. The molecule has 5 N–H and O–H groups in total. The summed E-state index contributed by atoms with van der Waals surface area (Å²) in [6, 6.07) is 0. The van der Waals surface area contributed by atoms with Gasteiger partial charge in [-0.3, -0.25) is 4.55 Å². The smallest absolute Gasteiger partial charge is 0.267 e. The van der Waals surface area contributed by atoms with Crippen LogP contribution in [-0.2, 0) is 10.1 Å². The highest BCUT2D eigenvalue weighted by Gasteiger charge is 2.19. The maximum absolute atomic E-state index is 10.0. The summed E-state index contributed by atoms with van der Waals surface area (Å²) in [5.41, 5.74) is 8.77. The minimum absolute atomic E-state index is 0.625. The molecule has 0 saturated heterocycles. The van der Waals surface area contributed by atoms with Gasteiger partial charge in [-0.25, -0.2) is 0 Å². The lowest BCUT2D eigenvalue weighted by molar-refractivity contribution is 0.454. The average molecular weight is 154 g/mol. The largest absolute Gasteiger partial charge is 0.313 e. The van der Waals surface area contributed by atoms with Crippen LogP contribution >= 0.6 is 0 Å². The first kappa shape index (κ1) is 8.83. The van der Waals surface area contributed by atoms with Gasteiger partial charge in [0.15, 0.2) is 0 Å². The highest BCUT2D eigenvalue weighted by Crippen LogP contribution is 1.92. The summed E-state index contributed by atoms with van der Waals surface area (Å²) in [6.07, 6.45) is 0. The maximum atomic E-state index is 10.0. The molecule has 0 aliphatic rings. The Labute approximate surface area is 53.8 Å². The van der Waals surface area contributed by atoms with Gasteiger partial charge in [0.25, 0.3) is 10.1 Å². The second-order valence-electron chi connectivity index (χ2n) is 2.23. The minimum atomic E-state index is -4.03. The first-order valence-electron chi connectivity index (χ1n) is 2.24. The molecular weight excluding hydrogens is 144 g/mol. The Kier molecular flexibility index (Phi) is 2.18. The van der Waals surface area contributed by atoms with Gasteiger partial charge in [-0.05, 0) is 6.92 Å². The van der Waals surface area contributed by atoms with Crippen molar-refractivity contribution in [3.8, 4) is 0 Å².